The van der Waals surface area contributed by atoms with Crippen molar-refractivity contribution in [1.29, 1.82) is 0 Å². The van der Waals surface area contributed by atoms with E-state index in [9.17, 15) is 0 Å². The second-order valence-electron chi connectivity index (χ2n) is 23.3. The van der Waals surface area contributed by atoms with Gasteiger partial charge in [-0.15, -0.1) is 0 Å². The SMILES string of the molecule is CCCCCCCCCCc1ccc(P(c2ccc(CCCCCCCCCC)cc2)N(C2Cc3ccccc3C2)P(c2cccc(CCCCCCCCCC)c2)c2cccc(CCCCCCCCCC)c2)cc1. The Morgan fingerprint density at radius 2 is 0.579 bits per heavy atom. The van der Waals surface area contributed by atoms with Crippen LogP contribution in [0.5, 0.6) is 0 Å². The molecule has 3 heteroatoms. The molecule has 0 radical (unpaired) electrons. The van der Waals surface area contributed by atoms with Crippen molar-refractivity contribution in [2.24, 2.45) is 0 Å². The summed E-state index contributed by atoms with van der Waals surface area (Å²) in [6.07, 6.45) is 50.7. The Labute approximate surface area is 471 Å². The summed E-state index contributed by atoms with van der Waals surface area (Å²) in [6, 6.07) is 50.5. The van der Waals surface area contributed by atoms with Crippen molar-refractivity contribution in [2.45, 2.75) is 278 Å². The van der Waals surface area contributed by atoms with Gasteiger partial charge in [-0.05, 0) is 131 Å². The molecule has 0 spiro atoms. The maximum atomic E-state index is 3.18. The molecule has 0 heterocycles. The number of rotatable bonds is 43. The van der Waals surface area contributed by atoms with E-state index in [0.717, 1.165) is 12.8 Å². The Hall–Kier alpha value is -3.08. The van der Waals surface area contributed by atoms with Crippen LogP contribution < -0.4 is 21.2 Å². The van der Waals surface area contributed by atoms with Crippen LogP contribution >= 0.6 is 16.1 Å². The second-order valence-corrected chi connectivity index (χ2v) is 27.8. The lowest BCUT2D eigenvalue weighted by molar-refractivity contribution is 0.519. The molecule has 0 bridgehead atoms. The lowest BCUT2D eigenvalue weighted by Gasteiger charge is -2.43. The second kappa shape index (κ2) is 38.5. The van der Waals surface area contributed by atoms with Crippen LogP contribution in [0.1, 0.15) is 267 Å². The molecule has 0 amide bonds. The molecule has 0 atom stereocenters. The Morgan fingerprint density at radius 1 is 0.289 bits per heavy atom. The first-order valence-electron chi connectivity index (χ1n) is 32.4. The van der Waals surface area contributed by atoms with Gasteiger partial charge in [0.05, 0.1) is 0 Å². The summed E-state index contributed by atoms with van der Waals surface area (Å²) in [5.74, 6) is 0. The van der Waals surface area contributed by atoms with Crippen molar-refractivity contribution >= 4 is 37.4 Å². The van der Waals surface area contributed by atoms with Crippen LogP contribution in [-0.4, -0.2) is 10.5 Å². The van der Waals surface area contributed by atoms with E-state index in [1.54, 1.807) is 11.1 Å². The Bertz CT molecular complexity index is 2080. The smallest absolute Gasteiger partial charge is 0.0326 e. The van der Waals surface area contributed by atoms with Gasteiger partial charge in [-0.3, -0.25) is 0 Å². The van der Waals surface area contributed by atoms with Crippen molar-refractivity contribution in [2.75, 3.05) is 0 Å². The first-order valence-corrected chi connectivity index (χ1v) is 35.0. The van der Waals surface area contributed by atoms with Crippen molar-refractivity contribution in [3.63, 3.8) is 0 Å². The number of benzene rings is 5. The van der Waals surface area contributed by atoms with E-state index < -0.39 is 16.1 Å². The third-order valence-corrected chi connectivity index (χ3v) is 22.4. The molecule has 416 valence electrons. The monoisotopic (exact) mass is 1060 g/mol. The summed E-state index contributed by atoms with van der Waals surface area (Å²) in [6.45, 7) is 9.30. The minimum Gasteiger partial charge on any atom is -0.241 e. The standard InChI is InChI=1S/C73H109NP2/c1-5-9-13-17-21-25-29-33-41-63-51-55-70(56-52-63)75(71-57-53-64(54-58-71)42-34-30-26-22-18-14-10-6-2)74(69-61-67-47-37-38-48-68(67)62-69)76(72-49-39-45-65(59-72)43-35-31-27-23-19-15-11-7-3)73-50-40-46-66(60-73)44-36-32-28-24-20-16-12-8-4/h37-40,45-60,69H,5-36,41-44,61-62H2,1-4H3. The van der Waals surface area contributed by atoms with Gasteiger partial charge in [0, 0.05) is 22.2 Å². The molecule has 0 aliphatic heterocycles. The highest BCUT2D eigenvalue weighted by Gasteiger charge is 2.39. The molecule has 0 aromatic heterocycles. The number of unbranched alkanes of at least 4 members (excludes halogenated alkanes) is 28. The third-order valence-electron chi connectivity index (χ3n) is 16.7. The van der Waals surface area contributed by atoms with Crippen LogP contribution in [0.4, 0.5) is 0 Å². The molecule has 0 saturated carbocycles. The molecular weight excluding hydrogens is 953 g/mol. The van der Waals surface area contributed by atoms with Gasteiger partial charge in [-0.25, -0.2) is 4.44 Å². The molecule has 1 aliphatic rings. The molecule has 0 N–H and O–H groups in total. The van der Waals surface area contributed by atoms with E-state index in [1.165, 1.54) is 275 Å². The van der Waals surface area contributed by atoms with Gasteiger partial charge in [0.15, 0.2) is 0 Å². The van der Waals surface area contributed by atoms with Crippen LogP contribution in [0.15, 0.2) is 121 Å². The van der Waals surface area contributed by atoms with Gasteiger partial charge in [0.2, 0.25) is 0 Å². The Kier molecular flexibility index (Phi) is 31.5. The fraction of sp³-hybridized carbons (Fsp3) is 0.589. The fourth-order valence-electron chi connectivity index (χ4n) is 12.0. The molecule has 0 saturated heterocycles. The number of hydrogen-bond acceptors (Lipinski definition) is 1. The molecule has 0 fully saturated rings. The summed E-state index contributed by atoms with van der Waals surface area (Å²) in [5, 5.41) is 6.10. The van der Waals surface area contributed by atoms with Gasteiger partial charge in [-0.1, -0.05) is 317 Å². The zero-order valence-corrected chi connectivity index (χ0v) is 51.1. The minimum atomic E-state index is -0.900. The van der Waals surface area contributed by atoms with Crippen LogP contribution in [-0.2, 0) is 38.5 Å². The van der Waals surface area contributed by atoms with Crippen molar-refractivity contribution in [1.82, 2.24) is 4.44 Å². The maximum Gasteiger partial charge on any atom is 0.0326 e. The van der Waals surface area contributed by atoms with E-state index in [-0.39, 0.29) is 0 Å². The number of fused-ring (bicyclic) bond motifs is 1. The normalized spacial score (nSPS) is 12.7. The molecule has 1 nitrogen and oxygen atoms in total. The highest BCUT2D eigenvalue weighted by molar-refractivity contribution is 7.84. The summed E-state index contributed by atoms with van der Waals surface area (Å²) in [5.41, 5.74) is 9.18. The van der Waals surface area contributed by atoms with Crippen LogP contribution in [0.2, 0.25) is 0 Å². The highest BCUT2D eigenvalue weighted by atomic mass is 31.2. The molecule has 5 aromatic rings. The van der Waals surface area contributed by atoms with E-state index in [1.807, 2.05) is 0 Å². The average molecular weight is 1060 g/mol. The molecule has 1 aliphatic carbocycles. The quantitative estimate of drug-likeness (QED) is 0.0278. The topological polar surface area (TPSA) is 3.24 Å². The van der Waals surface area contributed by atoms with Gasteiger partial charge in [0.25, 0.3) is 0 Å². The number of aryl methyl sites for hydroxylation is 4. The Morgan fingerprint density at radius 3 is 0.908 bits per heavy atom. The van der Waals surface area contributed by atoms with Gasteiger partial charge in [-0.2, -0.15) is 0 Å². The van der Waals surface area contributed by atoms with E-state index in [4.69, 9.17) is 0 Å². The average Bonchev–Trinajstić information content (AvgIpc) is 3.92. The van der Waals surface area contributed by atoms with Crippen LogP contribution in [0, 0.1) is 0 Å². The summed E-state index contributed by atoms with van der Waals surface area (Å²) in [7, 11) is -1.79. The molecule has 5 aromatic carbocycles. The van der Waals surface area contributed by atoms with Crippen LogP contribution in [0.3, 0.4) is 0 Å². The predicted octanol–water partition coefficient (Wildman–Crippen LogP) is 21.3. The van der Waals surface area contributed by atoms with Crippen molar-refractivity contribution in [3.05, 3.63) is 155 Å². The molecule has 6 rings (SSSR count). The maximum absolute atomic E-state index is 3.18. The van der Waals surface area contributed by atoms with E-state index in [2.05, 4.69) is 153 Å². The van der Waals surface area contributed by atoms with Gasteiger partial charge >= 0.3 is 0 Å². The summed E-state index contributed by atoms with van der Waals surface area (Å²) < 4.78 is 3.18. The molecular formula is C73H109NP2. The first kappa shape index (κ1) is 62.1. The zero-order valence-electron chi connectivity index (χ0n) is 49.3. The lowest BCUT2D eigenvalue weighted by Crippen LogP contribution is -2.39. The highest BCUT2D eigenvalue weighted by Crippen LogP contribution is 2.58. The van der Waals surface area contributed by atoms with E-state index in [0.29, 0.717) is 6.04 Å². The predicted molar refractivity (Wildman–Crippen MR) is 343 cm³/mol. The van der Waals surface area contributed by atoms with Crippen LogP contribution in [0.25, 0.3) is 0 Å². The lowest BCUT2D eigenvalue weighted by atomic mass is 10.0. The van der Waals surface area contributed by atoms with Gasteiger partial charge < -0.3 is 0 Å². The fourth-order valence-corrected chi connectivity index (χ4v) is 18.4. The zero-order chi connectivity index (χ0) is 53.1. The van der Waals surface area contributed by atoms with Crippen molar-refractivity contribution in [3.8, 4) is 0 Å². The third kappa shape index (κ3) is 22.6. The van der Waals surface area contributed by atoms with E-state index >= 15 is 0 Å². The number of nitrogens with zero attached hydrogens (tertiary/aromatic N) is 1. The Balaban J connectivity index is 1.36. The molecule has 0 unspecified atom stereocenters. The minimum absolute atomic E-state index is 0.399. The van der Waals surface area contributed by atoms with Gasteiger partial charge in [0.1, 0.15) is 0 Å². The molecule has 76 heavy (non-hydrogen) atoms. The summed E-state index contributed by atoms with van der Waals surface area (Å²) >= 11 is 0. The summed E-state index contributed by atoms with van der Waals surface area (Å²) in [4.78, 5) is 0. The largest absolute Gasteiger partial charge is 0.241 e. The van der Waals surface area contributed by atoms with Crippen molar-refractivity contribution < 1.29 is 0 Å². The first-order chi connectivity index (χ1) is 37.6. The number of hydrogen-bond donors (Lipinski definition) is 0.